The van der Waals surface area contributed by atoms with E-state index < -0.39 is 0 Å². The third-order valence-corrected chi connectivity index (χ3v) is 3.48. The number of hydrogen-bond acceptors (Lipinski definition) is 2. The van der Waals surface area contributed by atoms with Crippen LogP contribution in [0.4, 0.5) is 0 Å². The van der Waals surface area contributed by atoms with E-state index >= 15 is 0 Å². The van der Waals surface area contributed by atoms with E-state index in [0.29, 0.717) is 6.04 Å². The van der Waals surface area contributed by atoms with Crippen molar-refractivity contribution >= 4 is 5.91 Å². The van der Waals surface area contributed by atoms with E-state index in [1.807, 2.05) is 36.1 Å². The lowest BCUT2D eigenvalue weighted by Crippen LogP contribution is -2.44. The molecule has 1 atom stereocenters. The first-order valence-corrected chi connectivity index (χ1v) is 6.66. The summed E-state index contributed by atoms with van der Waals surface area (Å²) in [6.07, 6.45) is 3.44. The zero-order valence-corrected chi connectivity index (χ0v) is 11.2. The summed E-state index contributed by atoms with van der Waals surface area (Å²) in [4.78, 5) is 14.0. The minimum Gasteiger partial charge on any atom is -0.484 e. The Morgan fingerprint density at radius 2 is 2.28 bits per heavy atom. The molecular weight excluding hydrogens is 226 g/mol. The number of amides is 1. The molecule has 1 saturated heterocycles. The lowest BCUT2D eigenvalue weighted by Gasteiger charge is -2.33. The number of aryl methyl sites for hydroxylation is 1. The molecule has 1 fully saturated rings. The Labute approximate surface area is 109 Å². The summed E-state index contributed by atoms with van der Waals surface area (Å²) >= 11 is 0. The average Bonchev–Trinajstić information content (AvgIpc) is 2.37. The van der Waals surface area contributed by atoms with Crippen molar-refractivity contribution in [3.8, 4) is 5.75 Å². The minimum absolute atomic E-state index is 0.101. The van der Waals surface area contributed by atoms with E-state index in [2.05, 4.69) is 6.92 Å². The fourth-order valence-corrected chi connectivity index (χ4v) is 2.40. The standard InChI is InChI=1S/C15H21NO2/c1-12-6-5-8-14(10-12)18-11-15(17)16-9-4-3-7-13(16)2/h5-6,8,10,13H,3-4,7,9,11H2,1-2H3. The molecular formula is C15H21NO2. The van der Waals surface area contributed by atoms with Crippen LogP contribution in [0.3, 0.4) is 0 Å². The van der Waals surface area contributed by atoms with Crippen LogP contribution in [0.1, 0.15) is 31.7 Å². The molecule has 2 rings (SSSR count). The molecule has 1 amide bonds. The van der Waals surface area contributed by atoms with Crippen molar-refractivity contribution in [1.82, 2.24) is 4.90 Å². The highest BCUT2D eigenvalue weighted by atomic mass is 16.5. The van der Waals surface area contributed by atoms with E-state index in [1.54, 1.807) is 0 Å². The van der Waals surface area contributed by atoms with Gasteiger partial charge in [-0.05, 0) is 50.8 Å². The number of likely N-dealkylation sites (tertiary alicyclic amines) is 1. The van der Waals surface area contributed by atoms with E-state index in [4.69, 9.17) is 4.74 Å². The summed E-state index contributed by atoms with van der Waals surface area (Å²) in [5.74, 6) is 0.872. The van der Waals surface area contributed by atoms with Gasteiger partial charge in [-0.15, -0.1) is 0 Å². The van der Waals surface area contributed by atoms with Crippen LogP contribution in [0, 0.1) is 6.92 Å². The van der Waals surface area contributed by atoms with Crippen LogP contribution in [0.25, 0.3) is 0 Å². The normalized spacial score (nSPS) is 19.7. The third-order valence-electron chi connectivity index (χ3n) is 3.48. The first-order valence-electron chi connectivity index (χ1n) is 6.66. The molecule has 0 aromatic heterocycles. The number of benzene rings is 1. The molecule has 0 aliphatic carbocycles. The van der Waals surface area contributed by atoms with Crippen molar-refractivity contribution in [2.75, 3.05) is 13.2 Å². The molecule has 3 heteroatoms. The van der Waals surface area contributed by atoms with Crippen LogP contribution < -0.4 is 4.74 Å². The van der Waals surface area contributed by atoms with Crippen molar-refractivity contribution in [3.63, 3.8) is 0 Å². The molecule has 1 aliphatic rings. The lowest BCUT2D eigenvalue weighted by molar-refractivity contribution is -0.136. The predicted octanol–water partition coefficient (Wildman–Crippen LogP) is 2.77. The van der Waals surface area contributed by atoms with E-state index in [-0.39, 0.29) is 12.5 Å². The molecule has 18 heavy (non-hydrogen) atoms. The lowest BCUT2D eigenvalue weighted by atomic mass is 10.0. The molecule has 0 saturated carbocycles. The van der Waals surface area contributed by atoms with Crippen molar-refractivity contribution in [3.05, 3.63) is 29.8 Å². The molecule has 1 aromatic rings. The summed E-state index contributed by atoms with van der Waals surface area (Å²) in [7, 11) is 0. The molecule has 1 heterocycles. The monoisotopic (exact) mass is 247 g/mol. The van der Waals surface area contributed by atoms with Gasteiger partial charge in [0.05, 0.1) is 0 Å². The fourth-order valence-electron chi connectivity index (χ4n) is 2.40. The highest BCUT2D eigenvalue weighted by Gasteiger charge is 2.23. The van der Waals surface area contributed by atoms with E-state index in [1.165, 1.54) is 6.42 Å². The van der Waals surface area contributed by atoms with Crippen LogP contribution >= 0.6 is 0 Å². The maximum absolute atomic E-state index is 12.1. The Bertz CT molecular complexity index is 417. The van der Waals surface area contributed by atoms with Gasteiger partial charge in [0.1, 0.15) is 5.75 Å². The first-order chi connectivity index (χ1) is 8.66. The minimum atomic E-state index is 0.101. The molecule has 98 valence electrons. The van der Waals surface area contributed by atoms with Crippen LogP contribution in [-0.2, 0) is 4.79 Å². The fraction of sp³-hybridized carbons (Fsp3) is 0.533. The summed E-state index contributed by atoms with van der Waals surface area (Å²) in [6.45, 7) is 5.15. The molecule has 0 spiro atoms. The second-order valence-electron chi connectivity index (χ2n) is 5.04. The number of hydrogen-bond donors (Lipinski definition) is 0. The third kappa shape index (κ3) is 3.25. The Hall–Kier alpha value is -1.51. The van der Waals surface area contributed by atoms with Gasteiger partial charge in [-0.3, -0.25) is 4.79 Å². The maximum atomic E-state index is 12.1. The number of nitrogens with zero attached hydrogens (tertiary/aromatic N) is 1. The number of ether oxygens (including phenoxy) is 1. The van der Waals surface area contributed by atoms with Crippen molar-refractivity contribution in [1.29, 1.82) is 0 Å². The second-order valence-corrected chi connectivity index (χ2v) is 5.04. The molecule has 0 bridgehead atoms. The van der Waals surface area contributed by atoms with Gasteiger partial charge < -0.3 is 9.64 Å². The van der Waals surface area contributed by atoms with Crippen molar-refractivity contribution < 1.29 is 9.53 Å². The first kappa shape index (κ1) is 12.9. The van der Waals surface area contributed by atoms with Gasteiger partial charge >= 0.3 is 0 Å². The zero-order valence-electron chi connectivity index (χ0n) is 11.2. The Balaban J connectivity index is 1.88. The number of carbonyl (C=O) groups excluding carboxylic acids is 1. The summed E-state index contributed by atoms with van der Waals surface area (Å²) in [5, 5.41) is 0. The number of rotatable bonds is 3. The molecule has 1 aromatic carbocycles. The molecule has 3 nitrogen and oxygen atoms in total. The predicted molar refractivity (Wildman–Crippen MR) is 71.7 cm³/mol. The second kappa shape index (κ2) is 5.89. The SMILES string of the molecule is Cc1cccc(OCC(=O)N2CCCCC2C)c1. The van der Waals surface area contributed by atoms with Gasteiger partial charge in [0.15, 0.2) is 6.61 Å². The zero-order chi connectivity index (χ0) is 13.0. The quantitative estimate of drug-likeness (QED) is 0.822. The molecule has 1 aliphatic heterocycles. The van der Waals surface area contributed by atoms with Gasteiger partial charge in [0, 0.05) is 12.6 Å². The van der Waals surface area contributed by atoms with Crippen LogP contribution in [0.15, 0.2) is 24.3 Å². The Morgan fingerprint density at radius 1 is 1.44 bits per heavy atom. The molecule has 1 unspecified atom stereocenters. The van der Waals surface area contributed by atoms with E-state index in [0.717, 1.165) is 30.7 Å². The summed E-state index contributed by atoms with van der Waals surface area (Å²) in [5.41, 5.74) is 1.14. The highest BCUT2D eigenvalue weighted by molar-refractivity contribution is 5.78. The van der Waals surface area contributed by atoms with Gasteiger partial charge in [0.25, 0.3) is 5.91 Å². The van der Waals surface area contributed by atoms with Gasteiger partial charge in [0.2, 0.25) is 0 Å². The van der Waals surface area contributed by atoms with Gasteiger partial charge in [-0.1, -0.05) is 12.1 Å². The van der Waals surface area contributed by atoms with Gasteiger partial charge in [-0.25, -0.2) is 0 Å². The highest BCUT2D eigenvalue weighted by Crippen LogP contribution is 2.17. The topological polar surface area (TPSA) is 29.5 Å². The number of piperidine rings is 1. The Morgan fingerprint density at radius 3 is 3.00 bits per heavy atom. The van der Waals surface area contributed by atoms with E-state index in [9.17, 15) is 4.79 Å². The van der Waals surface area contributed by atoms with Gasteiger partial charge in [-0.2, -0.15) is 0 Å². The van der Waals surface area contributed by atoms with Crippen molar-refractivity contribution in [2.45, 2.75) is 39.2 Å². The average molecular weight is 247 g/mol. The van der Waals surface area contributed by atoms with Crippen LogP contribution in [0.2, 0.25) is 0 Å². The number of carbonyl (C=O) groups is 1. The molecule has 0 radical (unpaired) electrons. The van der Waals surface area contributed by atoms with Crippen LogP contribution in [-0.4, -0.2) is 30.0 Å². The molecule has 0 N–H and O–H groups in total. The Kier molecular flexibility index (Phi) is 4.24. The van der Waals surface area contributed by atoms with Crippen molar-refractivity contribution in [2.24, 2.45) is 0 Å². The maximum Gasteiger partial charge on any atom is 0.260 e. The van der Waals surface area contributed by atoms with Crippen LogP contribution in [0.5, 0.6) is 5.75 Å². The summed E-state index contributed by atoms with van der Waals surface area (Å²) < 4.78 is 5.56. The largest absolute Gasteiger partial charge is 0.484 e. The smallest absolute Gasteiger partial charge is 0.260 e. The summed E-state index contributed by atoms with van der Waals surface area (Å²) in [6, 6.07) is 8.15.